The van der Waals surface area contributed by atoms with Crippen molar-refractivity contribution in [3.8, 4) is 0 Å². The molecule has 3 rings (SSSR count). The molecule has 1 saturated heterocycles. The van der Waals surface area contributed by atoms with E-state index in [0.717, 1.165) is 17.0 Å². The molecule has 172 valence electrons. The zero-order valence-corrected chi connectivity index (χ0v) is 18.9. The minimum atomic E-state index is -4.43. The summed E-state index contributed by atoms with van der Waals surface area (Å²) in [4.78, 5) is 28.4. The Morgan fingerprint density at radius 2 is 1.59 bits per heavy atom. The second-order valence-electron chi connectivity index (χ2n) is 7.77. The molecule has 0 saturated carbocycles. The highest BCUT2D eigenvalue weighted by atomic mass is 35.5. The van der Waals surface area contributed by atoms with Crippen molar-refractivity contribution in [2.45, 2.75) is 12.8 Å². The number of nitrogens with zero attached hydrogens (tertiary/aromatic N) is 2. The molecule has 2 aromatic carbocycles. The number of likely N-dealkylation sites (tertiary alicyclic amines) is 1. The Balaban J connectivity index is 1.57. The van der Waals surface area contributed by atoms with Gasteiger partial charge in [0.15, 0.2) is 5.78 Å². The molecule has 1 heterocycles. The maximum absolute atomic E-state index is 13.1. The van der Waals surface area contributed by atoms with E-state index in [9.17, 15) is 27.0 Å². The van der Waals surface area contributed by atoms with Gasteiger partial charge >= 0.3 is 0 Å². The third kappa shape index (κ3) is 6.83. The number of Topliss-reactive ketones (excluding diaryl/α,β-unsaturated/α-hetero) is 1. The molecule has 0 atom stereocenters. The maximum atomic E-state index is 13.1. The van der Waals surface area contributed by atoms with E-state index in [1.165, 1.54) is 12.1 Å². The summed E-state index contributed by atoms with van der Waals surface area (Å²) in [5.41, 5.74) is 0.749. The Morgan fingerprint density at radius 3 is 2.16 bits per heavy atom. The topological polar surface area (TPSA) is 95.0 Å². The molecule has 1 aliphatic rings. The van der Waals surface area contributed by atoms with Gasteiger partial charge in [0.2, 0.25) is 0 Å². The predicted molar refractivity (Wildman–Crippen MR) is 119 cm³/mol. The van der Waals surface area contributed by atoms with Crippen molar-refractivity contribution in [3.63, 3.8) is 0 Å². The number of ketones is 1. The first-order valence-corrected chi connectivity index (χ1v) is 12.1. The molecule has 0 bridgehead atoms. The van der Waals surface area contributed by atoms with Crippen molar-refractivity contribution in [1.82, 2.24) is 9.80 Å². The molecule has 0 radical (unpaired) electrons. The van der Waals surface area contributed by atoms with Crippen LogP contribution in [0.15, 0.2) is 48.5 Å². The molecule has 10 heteroatoms. The van der Waals surface area contributed by atoms with E-state index in [-0.39, 0.29) is 23.8 Å². The van der Waals surface area contributed by atoms with Crippen molar-refractivity contribution in [1.29, 1.82) is 0 Å². The minimum Gasteiger partial charge on any atom is -0.321 e. The van der Waals surface area contributed by atoms with E-state index >= 15 is 0 Å². The summed E-state index contributed by atoms with van der Waals surface area (Å²) in [7, 11) is -4.43. The number of hydrogen-bond acceptors (Lipinski definition) is 5. The van der Waals surface area contributed by atoms with Gasteiger partial charge in [0, 0.05) is 35.2 Å². The van der Waals surface area contributed by atoms with Crippen molar-refractivity contribution in [2.24, 2.45) is 5.92 Å². The van der Waals surface area contributed by atoms with Crippen LogP contribution in [0.1, 0.15) is 33.6 Å². The van der Waals surface area contributed by atoms with Gasteiger partial charge in [0.25, 0.3) is 16.0 Å². The fourth-order valence-corrected chi connectivity index (χ4v) is 4.49. The molecule has 1 N–H and O–H groups in total. The molecule has 1 aliphatic heterocycles. The summed E-state index contributed by atoms with van der Waals surface area (Å²) < 4.78 is 45.2. The van der Waals surface area contributed by atoms with Crippen LogP contribution in [0.2, 0.25) is 5.02 Å². The number of piperidine rings is 1. The second-order valence-corrected chi connectivity index (χ2v) is 9.63. The van der Waals surface area contributed by atoms with Crippen LogP contribution in [0, 0.1) is 11.7 Å². The number of benzene rings is 2. The van der Waals surface area contributed by atoms with Crippen LogP contribution in [0.3, 0.4) is 0 Å². The lowest BCUT2D eigenvalue weighted by atomic mass is 9.89. The molecule has 0 spiro atoms. The Labute approximate surface area is 191 Å². The highest BCUT2D eigenvalue weighted by Crippen LogP contribution is 2.23. The summed E-state index contributed by atoms with van der Waals surface area (Å²) in [6.07, 6.45) is 1.29. The molecule has 0 unspecified atom stereocenters. The normalized spacial score (nSPS) is 15.5. The van der Waals surface area contributed by atoms with Crippen LogP contribution in [0.4, 0.5) is 4.39 Å². The Bertz CT molecular complexity index is 1050. The Morgan fingerprint density at radius 1 is 1.03 bits per heavy atom. The zero-order chi connectivity index (χ0) is 23.3. The quantitative estimate of drug-likeness (QED) is 0.458. The van der Waals surface area contributed by atoms with E-state index < -0.39 is 27.7 Å². The van der Waals surface area contributed by atoms with Crippen LogP contribution in [-0.4, -0.2) is 66.5 Å². The fourth-order valence-electron chi connectivity index (χ4n) is 3.73. The number of carbonyl (C=O) groups is 2. The van der Waals surface area contributed by atoms with Gasteiger partial charge in [-0.05, 0) is 74.5 Å². The standard InChI is InChI=1S/C22H24ClFN2O5S/c23-19-5-1-16(2-6-19)21(27)17-9-11-25(12-10-17)13-14-26(15-32(29,30)31)22(28)18-3-7-20(24)8-4-18/h1-8,17H,9-15H2,(H,29,30,31). The lowest BCUT2D eigenvalue weighted by molar-refractivity contribution is 0.0736. The van der Waals surface area contributed by atoms with Crippen molar-refractivity contribution in [3.05, 3.63) is 70.5 Å². The smallest absolute Gasteiger partial charge is 0.283 e. The van der Waals surface area contributed by atoms with Gasteiger partial charge < -0.3 is 9.80 Å². The first-order valence-electron chi connectivity index (χ1n) is 10.1. The van der Waals surface area contributed by atoms with Gasteiger partial charge in [0.1, 0.15) is 11.7 Å². The third-order valence-corrected chi connectivity index (χ3v) is 6.36. The molecular weight excluding hydrogens is 459 g/mol. The summed E-state index contributed by atoms with van der Waals surface area (Å²) in [6, 6.07) is 11.6. The van der Waals surface area contributed by atoms with Gasteiger partial charge in [-0.15, -0.1) is 0 Å². The third-order valence-electron chi connectivity index (χ3n) is 5.47. The molecule has 32 heavy (non-hydrogen) atoms. The van der Waals surface area contributed by atoms with Crippen molar-refractivity contribution >= 4 is 33.4 Å². The molecule has 7 nitrogen and oxygen atoms in total. The van der Waals surface area contributed by atoms with Crippen LogP contribution in [0.25, 0.3) is 0 Å². The summed E-state index contributed by atoms with van der Waals surface area (Å²) in [5.74, 6) is -2.02. The second kappa shape index (κ2) is 10.5. The number of amides is 1. The summed E-state index contributed by atoms with van der Waals surface area (Å²) in [5, 5.41) is 0.570. The van der Waals surface area contributed by atoms with Gasteiger partial charge in [-0.25, -0.2) is 4.39 Å². The van der Waals surface area contributed by atoms with Crippen LogP contribution < -0.4 is 0 Å². The minimum absolute atomic E-state index is 0.0613. The van der Waals surface area contributed by atoms with Gasteiger partial charge in [-0.1, -0.05) is 11.6 Å². The molecule has 0 aliphatic carbocycles. The molecule has 0 aromatic heterocycles. The van der Waals surface area contributed by atoms with Crippen LogP contribution >= 0.6 is 11.6 Å². The summed E-state index contributed by atoms with van der Waals surface area (Å²) in [6.45, 7) is 1.68. The van der Waals surface area contributed by atoms with Gasteiger partial charge in [-0.2, -0.15) is 8.42 Å². The number of rotatable bonds is 8. The Kier molecular flexibility index (Phi) is 8.00. The van der Waals surface area contributed by atoms with Crippen molar-refractivity contribution in [2.75, 3.05) is 32.1 Å². The number of hydrogen-bond donors (Lipinski definition) is 1. The van der Waals surface area contributed by atoms with Crippen molar-refractivity contribution < 1.29 is 27.0 Å². The van der Waals surface area contributed by atoms with E-state index in [4.69, 9.17) is 11.6 Å². The maximum Gasteiger partial charge on any atom is 0.283 e. The highest BCUT2D eigenvalue weighted by Gasteiger charge is 2.27. The first kappa shape index (κ1) is 24.3. The zero-order valence-electron chi connectivity index (χ0n) is 17.3. The summed E-state index contributed by atoms with van der Waals surface area (Å²) >= 11 is 5.87. The predicted octanol–water partition coefficient (Wildman–Crippen LogP) is 3.36. The van der Waals surface area contributed by atoms with E-state index in [2.05, 4.69) is 0 Å². The highest BCUT2D eigenvalue weighted by molar-refractivity contribution is 7.85. The fraction of sp³-hybridized carbons (Fsp3) is 0.364. The SMILES string of the molecule is O=C(c1ccc(Cl)cc1)C1CCN(CCN(CS(=O)(=O)O)C(=O)c2ccc(F)cc2)CC1. The average molecular weight is 483 g/mol. The van der Waals surface area contributed by atoms with Gasteiger partial charge in [0.05, 0.1) is 0 Å². The first-order chi connectivity index (χ1) is 15.1. The molecule has 1 amide bonds. The van der Waals surface area contributed by atoms with Crippen LogP contribution in [0.5, 0.6) is 0 Å². The average Bonchev–Trinajstić information content (AvgIpc) is 2.76. The molecule has 1 fully saturated rings. The van der Waals surface area contributed by atoms with E-state index in [1.807, 2.05) is 4.90 Å². The van der Waals surface area contributed by atoms with Crippen LogP contribution in [-0.2, 0) is 10.1 Å². The molecule has 2 aromatic rings. The monoisotopic (exact) mass is 482 g/mol. The lowest BCUT2D eigenvalue weighted by Crippen LogP contribution is -2.44. The van der Waals surface area contributed by atoms with E-state index in [0.29, 0.717) is 43.1 Å². The van der Waals surface area contributed by atoms with Gasteiger partial charge in [-0.3, -0.25) is 14.1 Å². The lowest BCUT2D eigenvalue weighted by Gasteiger charge is -2.33. The number of carbonyl (C=O) groups excluding carboxylic acids is 2. The van der Waals surface area contributed by atoms with E-state index in [1.54, 1.807) is 24.3 Å². The molecular formula is C22H24ClFN2O5S. The number of halogens is 2. The Hall–Kier alpha value is -2.33. The largest absolute Gasteiger partial charge is 0.321 e.